The highest BCUT2D eigenvalue weighted by Crippen LogP contribution is 2.38. The molecule has 0 aromatic heterocycles. The molecule has 1 saturated heterocycles. The first-order valence-electron chi connectivity index (χ1n) is 9.75. The molecule has 2 aromatic carbocycles. The van der Waals surface area contributed by atoms with Crippen molar-refractivity contribution in [2.75, 3.05) is 19.6 Å². The molecule has 2 aromatic rings. The molecule has 0 radical (unpaired) electrons. The standard InChI is InChI=1S/C22H27N3O2/c1-2-25-13-11-22(12-14-25)23-18(16-7-3-5-9-20(16)26)15-19(24-22)17-8-4-6-10-21(17)27/h3-10,18,23,26-27H,2,11-15H2,1H3/t18-/m0/s1. The number of rotatable bonds is 3. The maximum Gasteiger partial charge on any atom is 0.124 e. The van der Waals surface area contributed by atoms with Crippen LogP contribution < -0.4 is 5.32 Å². The van der Waals surface area contributed by atoms with Crippen LogP contribution in [-0.2, 0) is 0 Å². The van der Waals surface area contributed by atoms with E-state index in [1.165, 1.54) is 0 Å². The lowest BCUT2D eigenvalue weighted by Crippen LogP contribution is -2.56. The van der Waals surface area contributed by atoms with Gasteiger partial charge in [-0.2, -0.15) is 0 Å². The number of para-hydroxylation sites is 2. The number of piperidine rings is 1. The predicted octanol–water partition coefficient (Wildman–Crippen LogP) is 3.43. The Kier molecular flexibility index (Phi) is 4.89. The number of hydrogen-bond acceptors (Lipinski definition) is 5. The second kappa shape index (κ2) is 7.33. The third-order valence-electron chi connectivity index (χ3n) is 5.85. The van der Waals surface area contributed by atoms with Crippen LogP contribution in [0.5, 0.6) is 11.5 Å². The Labute approximate surface area is 160 Å². The monoisotopic (exact) mass is 365 g/mol. The number of nitrogens with zero attached hydrogens (tertiary/aromatic N) is 2. The number of nitrogens with one attached hydrogen (secondary N) is 1. The van der Waals surface area contributed by atoms with E-state index in [0.717, 1.165) is 49.3 Å². The van der Waals surface area contributed by atoms with Crippen LogP contribution in [0.15, 0.2) is 53.5 Å². The predicted molar refractivity (Wildman–Crippen MR) is 107 cm³/mol. The van der Waals surface area contributed by atoms with Crippen molar-refractivity contribution < 1.29 is 10.2 Å². The fraction of sp³-hybridized carbons (Fsp3) is 0.409. The van der Waals surface area contributed by atoms with Gasteiger partial charge in [0.1, 0.15) is 17.2 Å². The highest BCUT2D eigenvalue weighted by Gasteiger charge is 2.40. The Bertz CT molecular complexity index is 841. The molecular weight excluding hydrogens is 338 g/mol. The smallest absolute Gasteiger partial charge is 0.124 e. The fourth-order valence-corrected chi connectivity index (χ4v) is 4.26. The molecule has 1 spiro atoms. The van der Waals surface area contributed by atoms with Gasteiger partial charge in [0.05, 0.1) is 0 Å². The Hall–Kier alpha value is -2.37. The van der Waals surface area contributed by atoms with Crippen LogP contribution in [0.3, 0.4) is 0 Å². The van der Waals surface area contributed by atoms with Gasteiger partial charge < -0.3 is 15.1 Å². The number of aliphatic imine (C=N–C) groups is 1. The fourth-order valence-electron chi connectivity index (χ4n) is 4.26. The molecule has 0 bridgehead atoms. The quantitative estimate of drug-likeness (QED) is 0.779. The van der Waals surface area contributed by atoms with Crippen LogP contribution in [0.1, 0.15) is 43.4 Å². The van der Waals surface area contributed by atoms with Crippen molar-refractivity contribution in [3.05, 3.63) is 59.7 Å². The zero-order valence-electron chi connectivity index (χ0n) is 15.7. The second-order valence-corrected chi connectivity index (χ2v) is 7.50. The molecule has 4 rings (SSSR count). The molecule has 1 atom stereocenters. The molecule has 0 unspecified atom stereocenters. The molecule has 0 amide bonds. The summed E-state index contributed by atoms with van der Waals surface area (Å²) in [5.41, 5.74) is 2.23. The Balaban J connectivity index is 1.73. The minimum Gasteiger partial charge on any atom is -0.508 e. The van der Waals surface area contributed by atoms with E-state index in [-0.39, 0.29) is 17.5 Å². The van der Waals surface area contributed by atoms with Crippen molar-refractivity contribution in [3.63, 3.8) is 0 Å². The molecule has 27 heavy (non-hydrogen) atoms. The SMILES string of the molecule is CCN1CCC2(CC1)N=C(c1ccccc1O)C[C@@H](c1ccccc1O)N2. The van der Waals surface area contributed by atoms with Crippen molar-refractivity contribution in [2.45, 2.75) is 37.9 Å². The van der Waals surface area contributed by atoms with Gasteiger partial charge in [0.2, 0.25) is 0 Å². The van der Waals surface area contributed by atoms with Gasteiger partial charge in [-0.1, -0.05) is 37.3 Å². The van der Waals surface area contributed by atoms with E-state index in [0.29, 0.717) is 12.2 Å². The first-order chi connectivity index (χ1) is 13.1. The highest BCUT2D eigenvalue weighted by molar-refractivity contribution is 6.03. The summed E-state index contributed by atoms with van der Waals surface area (Å²) in [6, 6.07) is 14.9. The summed E-state index contributed by atoms with van der Waals surface area (Å²) < 4.78 is 0. The number of phenolic OH excluding ortho intramolecular Hbond substituents is 2. The number of aromatic hydroxyl groups is 2. The van der Waals surface area contributed by atoms with Crippen molar-refractivity contribution in [1.82, 2.24) is 10.2 Å². The molecule has 142 valence electrons. The molecule has 3 N–H and O–H groups in total. The maximum absolute atomic E-state index is 10.4. The van der Waals surface area contributed by atoms with Crippen molar-refractivity contribution in [1.29, 1.82) is 0 Å². The summed E-state index contributed by atoms with van der Waals surface area (Å²) in [7, 11) is 0. The molecule has 1 fully saturated rings. The zero-order chi connectivity index (χ0) is 18.9. The maximum atomic E-state index is 10.4. The summed E-state index contributed by atoms with van der Waals surface area (Å²) in [5.74, 6) is 0.560. The Morgan fingerprint density at radius 3 is 2.37 bits per heavy atom. The Morgan fingerprint density at radius 1 is 1.04 bits per heavy atom. The van der Waals surface area contributed by atoms with Gasteiger partial charge in [-0.3, -0.25) is 10.3 Å². The summed E-state index contributed by atoms with van der Waals surface area (Å²) >= 11 is 0. The van der Waals surface area contributed by atoms with Gasteiger partial charge >= 0.3 is 0 Å². The van der Waals surface area contributed by atoms with E-state index in [2.05, 4.69) is 17.1 Å². The van der Waals surface area contributed by atoms with Crippen molar-refractivity contribution in [3.8, 4) is 11.5 Å². The van der Waals surface area contributed by atoms with Gasteiger partial charge in [-0.05, 0) is 37.6 Å². The summed E-state index contributed by atoms with van der Waals surface area (Å²) in [5, 5.41) is 24.5. The third kappa shape index (κ3) is 3.57. The van der Waals surface area contributed by atoms with Gasteiger partial charge in [0, 0.05) is 42.4 Å². The average molecular weight is 365 g/mol. The molecule has 2 aliphatic rings. The van der Waals surface area contributed by atoms with Crippen LogP contribution in [0.4, 0.5) is 0 Å². The van der Waals surface area contributed by atoms with E-state index in [9.17, 15) is 10.2 Å². The topological polar surface area (TPSA) is 68.1 Å². The summed E-state index contributed by atoms with van der Waals surface area (Å²) in [4.78, 5) is 7.55. The van der Waals surface area contributed by atoms with Crippen LogP contribution in [-0.4, -0.2) is 46.1 Å². The zero-order valence-corrected chi connectivity index (χ0v) is 15.7. The van der Waals surface area contributed by atoms with E-state index in [1.54, 1.807) is 12.1 Å². The van der Waals surface area contributed by atoms with E-state index < -0.39 is 0 Å². The van der Waals surface area contributed by atoms with Crippen molar-refractivity contribution >= 4 is 5.71 Å². The molecule has 0 aliphatic carbocycles. The molecular formula is C22H27N3O2. The molecule has 2 aliphatic heterocycles. The lowest BCUT2D eigenvalue weighted by atomic mass is 9.87. The van der Waals surface area contributed by atoms with Crippen LogP contribution in [0.25, 0.3) is 0 Å². The molecule has 2 heterocycles. The molecule has 5 nitrogen and oxygen atoms in total. The molecule has 0 saturated carbocycles. The highest BCUT2D eigenvalue weighted by atomic mass is 16.3. The number of hydrogen-bond donors (Lipinski definition) is 3. The van der Waals surface area contributed by atoms with Gasteiger partial charge in [0.15, 0.2) is 0 Å². The van der Waals surface area contributed by atoms with E-state index in [1.807, 2.05) is 36.4 Å². The lowest BCUT2D eigenvalue weighted by Gasteiger charge is -2.45. The van der Waals surface area contributed by atoms with Crippen LogP contribution in [0, 0.1) is 0 Å². The van der Waals surface area contributed by atoms with Gasteiger partial charge in [-0.15, -0.1) is 0 Å². The summed E-state index contributed by atoms with van der Waals surface area (Å²) in [6.45, 7) is 5.23. The minimum atomic E-state index is -0.353. The number of benzene rings is 2. The Morgan fingerprint density at radius 2 is 1.70 bits per heavy atom. The first kappa shape index (κ1) is 18.0. The van der Waals surface area contributed by atoms with E-state index >= 15 is 0 Å². The van der Waals surface area contributed by atoms with E-state index in [4.69, 9.17) is 4.99 Å². The third-order valence-corrected chi connectivity index (χ3v) is 5.85. The van der Waals surface area contributed by atoms with Crippen molar-refractivity contribution in [2.24, 2.45) is 4.99 Å². The van der Waals surface area contributed by atoms with Gasteiger partial charge in [-0.25, -0.2) is 0 Å². The lowest BCUT2D eigenvalue weighted by molar-refractivity contribution is 0.129. The largest absolute Gasteiger partial charge is 0.508 e. The van der Waals surface area contributed by atoms with Crippen LogP contribution in [0.2, 0.25) is 0 Å². The first-order valence-corrected chi connectivity index (χ1v) is 9.75. The second-order valence-electron chi connectivity index (χ2n) is 7.50. The summed E-state index contributed by atoms with van der Waals surface area (Å²) in [6.07, 6.45) is 2.47. The number of phenols is 2. The van der Waals surface area contributed by atoms with Gasteiger partial charge in [0.25, 0.3) is 0 Å². The normalized spacial score (nSPS) is 22.6. The average Bonchev–Trinajstić information content (AvgIpc) is 2.69. The van der Waals surface area contributed by atoms with Crippen LogP contribution >= 0.6 is 0 Å². The molecule has 5 heteroatoms. The minimum absolute atomic E-state index is 0.0357. The number of likely N-dealkylation sites (tertiary alicyclic amines) is 1.